The van der Waals surface area contributed by atoms with Crippen LogP contribution < -0.4 is 0 Å². The second kappa shape index (κ2) is 14.3. The molecule has 0 unspecified atom stereocenters. The maximum absolute atomic E-state index is 12.6. The zero-order valence-electron chi connectivity index (χ0n) is 17.8. The Morgan fingerprint density at radius 3 is 1.68 bits per heavy atom. The summed E-state index contributed by atoms with van der Waals surface area (Å²) in [6, 6.07) is 0. The summed E-state index contributed by atoms with van der Waals surface area (Å²) in [4.78, 5) is 12.6. The van der Waals surface area contributed by atoms with Gasteiger partial charge in [-0.2, -0.15) is 0 Å². The molecule has 0 amide bonds. The molecule has 0 aromatic rings. The van der Waals surface area contributed by atoms with Crippen molar-refractivity contribution in [2.24, 2.45) is 0 Å². The van der Waals surface area contributed by atoms with Crippen molar-refractivity contribution < 1.29 is 9.32 Å². The van der Waals surface area contributed by atoms with Crippen molar-refractivity contribution in [2.75, 3.05) is 36.7 Å². The molecule has 0 spiro atoms. The van der Waals surface area contributed by atoms with Gasteiger partial charge in [-0.3, -0.25) is 0 Å². The zero-order valence-corrected chi connectivity index (χ0v) is 19.5. The normalized spacial score (nSPS) is 13.4. The Bertz CT molecular complexity index is 322. The third kappa shape index (κ3) is 11.5. The van der Waals surface area contributed by atoms with Gasteiger partial charge in [-0.05, 0) is 0 Å². The first-order valence-electron chi connectivity index (χ1n) is 10.7. The summed E-state index contributed by atoms with van der Waals surface area (Å²) in [5.74, 6) is 1.69. The van der Waals surface area contributed by atoms with Gasteiger partial charge >= 0.3 is 162 Å². The van der Waals surface area contributed by atoms with Gasteiger partial charge in [0, 0.05) is 0 Å². The molecule has 0 heterocycles. The molecule has 0 N–H and O–H groups in total. The quantitative estimate of drug-likeness (QED) is 0.191. The van der Waals surface area contributed by atoms with Gasteiger partial charge in [0.25, 0.3) is 0 Å². The number of hydrogen-bond donors (Lipinski definition) is 0. The maximum atomic E-state index is 12.6. The van der Waals surface area contributed by atoms with Crippen molar-refractivity contribution in [3.8, 4) is 0 Å². The standard InChI is InChI=1S/C21H45O2PS/c1-6-10-14-15-19-25-20-21(22)23-24(5,16-11-7-2,17-12-8-3)18-13-9-4/h6-20H2,1-5H3. The molecule has 0 saturated carbocycles. The van der Waals surface area contributed by atoms with Crippen molar-refractivity contribution >= 4 is 24.6 Å². The Hall–Kier alpha value is 0.250. The van der Waals surface area contributed by atoms with E-state index in [4.69, 9.17) is 4.52 Å². The number of carbonyl (C=O) groups is 1. The summed E-state index contributed by atoms with van der Waals surface area (Å²) >= 11 is 1.77. The van der Waals surface area contributed by atoms with Crippen LogP contribution in [0.25, 0.3) is 0 Å². The average Bonchev–Trinajstić information content (AvgIpc) is 2.60. The SMILES string of the molecule is CCCCCCSCC(=O)OP(C)(CCCC)(CCCC)CCCC. The summed E-state index contributed by atoms with van der Waals surface area (Å²) in [6.45, 7) is 8.99. The van der Waals surface area contributed by atoms with Gasteiger partial charge in [-0.25, -0.2) is 0 Å². The van der Waals surface area contributed by atoms with Crippen LogP contribution in [0.4, 0.5) is 0 Å². The second-order valence-corrected chi connectivity index (χ2v) is 15.0. The molecule has 2 nitrogen and oxygen atoms in total. The molecular formula is C21H45O2PS. The molecule has 0 saturated heterocycles. The predicted molar refractivity (Wildman–Crippen MR) is 120 cm³/mol. The molecule has 0 aliphatic heterocycles. The van der Waals surface area contributed by atoms with E-state index in [0.717, 1.165) is 24.2 Å². The van der Waals surface area contributed by atoms with Crippen LogP contribution in [0.15, 0.2) is 0 Å². The fraction of sp³-hybridized carbons (Fsp3) is 0.952. The van der Waals surface area contributed by atoms with Crippen molar-refractivity contribution in [2.45, 2.75) is 91.9 Å². The van der Waals surface area contributed by atoms with Crippen molar-refractivity contribution in [1.29, 1.82) is 0 Å². The van der Waals surface area contributed by atoms with Crippen molar-refractivity contribution in [1.82, 2.24) is 0 Å². The zero-order chi connectivity index (χ0) is 19.0. The first kappa shape index (κ1) is 25.2. The fourth-order valence-electron chi connectivity index (χ4n) is 3.42. The van der Waals surface area contributed by atoms with Crippen LogP contribution in [0.3, 0.4) is 0 Å². The molecule has 0 aromatic carbocycles. The Labute approximate surface area is 162 Å². The second-order valence-electron chi connectivity index (χ2n) is 8.00. The molecule has 0 aromatic heterocycles. The number of hydrogen-bond acceptors (Lipinski definition) is 3. The third-order valence-corrected chi connectivity index (χ3v) is 11.7. The van der Waals surface area contributed by atoms with E-state index in [1.54, 1.807) is 11.8 Å². The molecule has 25 heavy (non-hydrogen) atoms. The number of carbonyl (C=O) groups excluding carboxylic acids is 1. The Morgan fingerprint density at radius 1 is 0.760 bits per heavy atom. The molecule has 0 aliphatic rings. The van der Waals surface area contributed by atoms with Gasteiger partial charge < -0.3 is 0 Å². The number of rotatable bonds is 17. The molecule has 152 valence electrons. The monoisotopic (exact) mass is 392 g/mol. The summed E-state index contributed by atoms with van der Waals surface area (Å²) in [5.41, 5.74) is 0. The van der Waals surface area contributed by atoms with E-state index >= 15 is 0 Å². The van der Waals surface area contributed by atoms with E-state index < -0.39 is 6.83 Å². The van der Waals surface area contributed by atoms with Gasteiger partial charge in [0.15, 0.2) is 0 Å². The minimum atomic E-state index is -2.36. The van der Waals surface area contributed by atoms with Crippen LogP contribution in [0.1, 0.15) is 91.9 Å². The van der Waals surface area contributed by atoms with E-state index in [2.05, 4.69) is 34.4 Å². The van der Waals surface area contributed by atoms with Crippen LogP contribution in [0, 0.1) is 0 Å². The Balaban J connectivity index is 4.73. The van der Waals surface area contributed by atoms with Crippen LogP contribution in [0.2, 0.25) is 0 Å². The van der Waals surface area contributed by atoms with E-state index in [9.17, 15) is 4.79 Å². The van der Waals surface area contributed by atoms with Gasteiger partial charge in [0.05, 0.1) is 0 Å². The molecule has 0 atom stereocenters. The third-order valence-electron chi connectivity index (χ3n) is 5.18. The van der Waals surface area contributed by atoms with Crippen LogP contribution in [-0.2, 0) is 9.32 Å². The molecule has 0 fully saturated rings. The van der Waals surface area contributed by atoms with E-state index in [1.807, 2.05) is 0 Å². The van der Waals surface area contributed by atoms with Crippen LogP contribution in [-0.4, -0.2) is 42.6 Å². The summed E-state index contributed by atoms with van der Waals surface area (Å²) < 4.78 is 6.43. The first-order valence-corrected chi connectivity index (χ1v) is 15.1. The number of unbranched alkanes of at least 4 members (excludes halogenated alkanes) is 6. The van der Waals surface area contributed by atoms with E-state index in [-0.39, 0.29) is 5.97 Å². The molecule has 0 aliphatic carbocycles. The molecule has 0 rings (SSSR count). The van der Waals surface area contributed by atoms with Gasteiger partial charge in [0.2, 0.25) is 0 Å². The van der Waals surface area contributed by atoms with Gasteiger partial charge in [-0.15, -0.1) is 0 Å². The Kier molecular flexibility index (Phi) is 14.5. The topological polar surface area (TPSA) is 26.3 Å². The number of thioether (sulfide) groups is 1. The van der Waals surface area contributed by atoms with Gasteiger partial charge in [0.1, 0.15) is 0 Å². The molecular weight excluding hydrogens is 347 g/mol. The summed E-state index contributed by atoms with van der Waals surface area (Å²) in [7, 11) is 0. The van der Waals surface area contributed by atoms with Crippen LogP contribution in [0.5, 0.6) is 0 Å². The minimum absolute atomic E-state index is 0.0592. The molecule has 4 heteroatoms. The van der Waals surface area contributed by atoms with Gasteiger partial charge in [-0.1, -0.05) is 0 Å². The van der Waals surface area contributed by atoms with E-state index in [0.29, 0.717) is 5.75 Å². The first-order chi connectivity index (χ1) is 11.9. The summed E-state index contributed by atoms with van der Waals surface area (Å²) in [6.07, 6.45) is 15.6. The van der Waals surface area contributed by atoms with E-state index in [1.165, 1.54) is 64.2 Å². The fourth-order valence-corrected chi connectivity index (χ4v) is 9.55. The van der Waals surface area contributed by atoms with Crippen molar-refractivity contribution in [3.63, 3.8) is 0 Å². The average molecular weight is 393 g/mol. The predicted octanol–water partition coefficient (Wildman–Crippen LogP) is 7.34. The molecule has 0 bridgehead atoms. The summed E-state index contributed by atoms with van der Waals surface area (Å²) in [5, 5.41) is 0. The van der Waals surface area contributed by atoms with Crippen LogP contribution >= 0.6 is 18.6 Å². The molecule has 0 radical (unpaired) electrons. The Morgan fingerprint density at radius 2 is 1.24 bits per heavy atom. The van der Waals surface area contributed by atoms with Crippen molar-refractivity contribution in [3.05, 3.63) is 0 Å².